The Morgan fingerprint density at radius 1 is 0.909 bits per heavy atom. The number of nitrogens with zero attached hydrogens (tertiary/aromatic N) is 3. The highest BCUT2D eigenvalue weighted by Gasteiger charge is 2.28. The minimum atomic E-state index is -4.36. The molecule has 3 rings (SSSR count). The molecule has 180 valence electrons. The zero-order chi connectivity index (χ0) is 24.6. The van der Waals surface area contributed by atoms with Crippen LogP contribution in [0.1, 0.15) is 37.8 Å². The molecule has 0 saturated carbocycles. The fourth-order valence-corrected chi connectivity index (χ4v) is 3.22. The van der Waals surface area contributed by atoms with Crippen molar-refractivity contribution in [2.45, 2.75) is 52.0 Å². The van der Waals surface area contributed by atoms with Crippen molar-refractivity contribution in [3.05, 3.63) is 35.2 Å². The minimum Gasteiger partial charge on any atom is -0.418 e. The lowest BCUT2D eigenvalue weighted by atomic mass is 9.84. The van der Waals surface area contributed by atoms with Crippen LogP contribution in [0.2, 0.25) is 0 Å². The van der Waals surface area contributed by atoms with Gasteiger partial charge < -0.3 is 15.1 Å². The summed E-state index contributed by atoms with van der Waals surface area (Å²) in [6.07, 6.45) is -8.73. The second-order valence-electron chi connectivity index (χ2n) is 8.68. The van der Waals surface area contributed by atoms with E-state index in [9.17, 15) is 26.3 Å². The number of alkyl halides is 6. The van der Waals surface area contributed by atoms with Crippen molar-refractivity contribution in [1.82, 2.24) is 20.5 Å². The maximum Gasteiger partial charge on any atom is 0.405 e. The summed E-state index contributed by atoms with van der Waals surface area (Å²) in [7, 11) is 0. The van der Waals surface area contributed by atoms with Crippen molar-refractivity contribution in [2.75, 3.05) is 18.4 Å². The molecule has 0 atom stereocenters. The monoisotopic (exact) mass is 475 g/mol. The Bertz CT molecular complexity index is 1130. The summed E-state index contributed by atoms with van der Waals surface area (Å²) in [4.78, 5) is 4.61. The van der Waals surface area contributed by atoms with Gasteiger partial charge in [0.1, 0.15) is 12.2 Å². The molecule has 3 aromatic rings. The van der Waals surface area contributed by atoms with Crippen LogP contribution in [0.15, 0.2) is 22.6 Å². The van der Waals surface area contributed by atoms with Gasteiger partial charge in [-0.1, -0.05) is 20.8 Å². The Balaban J connectivity index is 1.98. The van der Waals surface area contributed by atoms with Gasteiger partial charge >= 0.3 is 12.4 Å². The van der Waals surface area contributed by atoms with Crippen LogP contribution >= 0.6 is 0 Å². The summed E-state index contributed by atoms with van der Waals surface area (Å²) < 4.78 is 80.4. The van der Waals surface area contributed by atoms with Crippen molar-refractivity contribution in [3.8, 4) is 11.6 Å². The van der Waals surface area contributed by atoms with Crippen molar-refractivity contribution in [1.29, 1.82) is 0 Å². The van der Waals surface area contributed by atoms with E-state index in [0.717, 1.165) is 0 Å². The van der Waals surface area contributed by atoms with Gasteiger partial charge in [-0.3, -0.25) is 0 Å². The Morgan fingerprint density at radius 2 is 1.58 bits per heavy atom. The van der Waals surface area contributed by atoms with Crippen LogP contribution in [0.25, 0.3) is 22.5 Å². The third-order valence-corrected chi connectivity index (χ3v) is 4.71. The van der Waals surface area contributed by atoms with Gasteiger partial charge in [-0.15, -0.1) is 10.2 Å². The predicted molar refractivity (Wildman–Crippen MR) is 111 cm³/mol. The number of fused-ring (bicyclic) bond motifs is 1. The molecule has 6 nitrogen and oxygen atoms in total. The van der Waals surface area contributed by atoms with Crippen LogP contribution in [0.5, 0.6) is 0 Å². The quantitative estimate of drug-likeness (QED) is 0.458. The molecular formula is C21H23F6N5O. The van der Waals surface area contributed by atoms with Gasteiger partial charge in [0.15, 0.2) is 0 Å². The lowest BCUT2D eigenvalue weighted by Gasteiger charge is -2.23. The summed E-state index contributed by atoms with van der Waals surface area (Å²) >= 11 is 0. The Labute approximate surface area is 185 Å². The molecule has 0 unspecified atom stereocenters. The third-order valence-electron chi connectivity index (χ3n) is 4.71. The minimum absolute atomic E-state index is 0.0305. The number of nitrogens with one attached hydrogen (secondary N) is 2. The Morgan fingerprint density at radius 3 is 2.18 bits per heavy atom. The fourth-order valence-electron chi connectivity index (χ4n) is 3.22. The van der Waals surface area contributed by atoms with Crippen molar-refractivity contribution in [3.63, 3.8) is 0 Å². The molecule has 0 amide bonds. The number of aryl methyl sites for hydroxylation is 1. The molecule has 0 bridgehead atoms. The lowest BCUT2D eigenvalue weighted by Crippen LogP contribution is -2.28. The normalized spacial score (nSPS) is 13.0. The molecular weight excluding hydrogens is 452 g/mol. The van der Waals surface area contributed by atoms with Crippen molar-refractivity contribution >= 4 is 16.6 Å². The maximum absolute atomic E-state index is 12.7. The molecule has 0 radical (unpaired) electrons. The van der Waals surface area contributed by atoms with E-state index in [1.54, 1.807) is 25.1 Å². The van der Waals surface area contributed by atoms with E-state index in [1.165, 1.54) is 0 Å². The number of halogens is 6. The zero-order valence-corrected chi connectivity index (χ0v) is 18.4. The summed E-state index contributed by atoms with van der Waals surface area (Å²) in [5, 5.41) is 12.9. The first kappa shape index (κ1) is 24.7. The van der Waals surface area contributed by atoms with Gasteiger partial charge in [0.25, 0.3) is 5.89 Å². The first-order valence-corrected chi connectivity index (χ1v) is 9.99. The topological polar surface area (TPSA) is 75.9 Å². The maximum atomic E-state index is 12.7. The smallest absolute Gasteiger partial charge is 0.405 e. The van der Waals surface area contributed by atoms with Gasteiger partial charge in [0, 0.05) is 11.1 Å². The molecule has 0 aliphatic heterocycles. The average molecular weight is 475 g/mol. The first-order valence-electron chi connectivity index (χ1n) is 9.99. The third kappa shape index (κ3) is 6.56. The van der Waals surface area contributed by atoms with E-state index < -0.39 is 30.9 Å². The molecule has 2 aromatic heterocycles. The second-order valence-corrected chi connectivity index (χ2v) is 8.68. The molecule has 0 saturated heterocycles. The van der Waals surface area contributed by atoms with Crippen molar-refractivity contribution in [2.24, 2.45) is 0 Å². The molecule has 2 heterocycles. The fraction of sp³-hybridized carbons (Fsp3) is 0.476. The zero-order valence-electron chi connectivity index (χ0n) is 18.4. The molecule has 12 heteroatoms. The van der Waals surface area contributed by atoms with Gasteiger partial charge in [-0.2, -0.15) is 26.3 Å². The summed E-state index contributed by atoms with van der Waals surface area (Å²) in [5.41, 5.74) is 2.17. The lowest BCUT2D eigenvalue weighted by molar-refractivity contribution is -0.125. The number of aromatic nitrogens is 3. The number of hydrogen-bond acceptors (Lipinski definition) is 6. The van der Waals surface area contributed by atoms with E-state index in [1.807, 2.05) is 20.8 Å². The predicted octanol–water partition coefficient (Wildman–Crippen LogP) is 5.52. The second kappa shape index (κ2) is 8.81. The van der Waals surface area contributed by atoms with Crippen LogP contribution in [-0.4, -0.2) is 40.6 Å². The highest BCUT2D eigenvalue weighted by molar-refractivity contribution is 5.90. The molecule has 2 N–H and O–H groups in total. The van der Waals surface area contributed by atoms with E-state index in [2.05, 4.69) is 25.8 Å². The SMILES string of the molecule is Cc1cc(-c2nnc(CNCC(F)(F)F)o2)nc2c(C(C)(C)C)cc(NCC(F)(F)F)cc12. The number of anilines is 1. The molecule has 33 heavy (non-hydrogen) atoms. The van der Waals surface area contributed by atoms with Crippen LogP contribution < -0.4 is 10.6 Å². The number of pyridine rings is 1. The largest absolute Gasteiger partial charge is 0.418 e. The van der Waals surface area contributed by atoms with Gasteiger partial charge in [0.2, 0.25) is 5.89 Å². The van der Waals surface area contributed by atoms with Gasteiger partial charge in [-0.25, -0.2) is 4.98 Å². The number of benzene rings is 1. The standard InChI is InChI=1S/C21H23F6N5O/c1-11-5-15(18-32-31-16(33-18)8-28-9-20(22,23)24)30-17-13(11)6-12(29-10-21(25,26)27)7-14(17)19(2,3)4/h5-7,28-29H,8-10H2,1-4H3. The summed E-state index contributed by atoms with van der Waals surface area (Å²) in [5.74, 6) is -0.000478. The highest BCUT2D eigenvalue weighted by atomic mass is 19.4. The van der Waals surface area contributed by atoms with E-state index in [0.29, 0.717) is 33.4 Å². The number of hydrogen-bond donors (Lipinski definition) is 2. The highest BCUT2D eigenvalue weighted by Crippen LogP contribution is 2.35. The summed E-state index contributed by atoms with van der Waals surface area (Å²) in [6, 6.07) is 4.87. The average Bonchev–Trinajstić information content (AvgIpc) is 3.12. The van der Waals surface area contributed by atoms with Crippen LogP contribution in [0.3, 0.4) is 0 Å². The van der Waals surface area contributed by atoms with E-state index >= 15 is 0 Å². The molecule has 0 aliphatic carbocycles. The van der Waals surface area contributed by atoms with Gasteiger partial charge in [-0.05, 0) is 41.7 Å². The Kier molecular flexibility index (Phi) is 6.60. The van der Waals surface area contributed by atoms with Crippen LogP contribution in [-0.2, 0) is 12.0 Å². The molecule has 0 spiro atoms. The Hall–Kier alpha value is -2.89. The van der Waals surface area contributed by atoms with E-state index in [-0.39, 0.29) is 18.3 Å². The van der Waals surface area contributed by atoms with Crippen molar-refractivity contribution < 1.29 is 30.8 Å². The molecule has 0 aliphatic rings. The van der Waals surface area contributed by atoms with Crippen LogP contribution in [0.4, 0.5) is 32.0 Å². The van der Waals surface area contributed by atoms with E-state index in [4.69, 9.17) is 4.42 Å². The van der Waals surface area contributed by atoms with Gasteiger partial charge in [0.05, 0.1) is 18.6 Å². The number of rotatable bonds is 6. The summed E-state index contributed by atoms with van der Waals surface area (Å²) in [6.45, 7) is 4.88. The first-order chi connectivity index (χ1) is 15.1. The molecule has 1 aromatic carbocycles. The molecule has 0 fully saturated rings. The van der Waals surface area contributed by atoms with Crippen LogP contribution in [0, 0.1) is 6.92 Å².